The largest absolute Gasteiger partial charge is 0.361 e. The molecule has 6 heteroatoms. The van der Waals surface area contributed by atoms with E-state index in [-0.39, 0.29) is 0 Å². The molecule has 0 radical (unpaired) electrons. The van der Waals surface area contributed by atoms with Crippen LogP contribution in [0.5, 0.6) is 0 Å². The molecular formula is C14H21ClN4O. The zero-order chi connectivity index (χ0) is 14.9. The summed E-state index contributed by atoms with van der Waals surface area (Å²) in [6.45, 7) is 9.54. The molecule has 0 saturated heterocycles. The fourth-order valence-electron chi connectivity index (χ4n) is 2.15. The molecule has 20 heavy (non-hydrogen) atoms. The first kappa shape index (κ1) is 15.1. The smallest absolute Gasteiger partial charge is 0.133 e. The predicted molar refractivity (Wildman–Crippen MR) is 78.9 cm³/mol. The van der Waals surface area contributed by atoms with Crippen LogP contribution in [0.3, 0.4) is 0 Å². The summed E-state index contributed by atoms with van der Waals surface area (Å²) in [7, 11) is 2.07. The maximum Gasteiger partial charge on any atom is 0.133 e. The molecule has 2 rings (SSSR count). The molecule has 0 aliphatic heterocycles. The molecule has 0 aliphatic carbocycles. The molecule has 0 aromatic carbocycles. The van der Waals surface area contributed by atoms with Crippen LogP contribution in [0, 0.1) is 20.8 Å². The maximum atomic E-state index is 6.17. The van der Waals surface area contributed by atoms with Crippen molar-refractivity contribution in [2.45, 2.75) is 46.8 Å². The van der Waals surface area contributed by atoms with E-state index in [2.05, 4.69) is 29.1 Å². The van der Waals surface area contributed by atoms with Crippen LogP contribution in [-0.2, 0) is 13.1 Å². The van der Waals surface area contributed by atoms with Gasteiger partial charge < -0.3 is 4.52 Å². The van der Waals surface area contributed by atoms with Crippen molar-refractivity contribution in [1.29, 1.82) is 0 Å². The minimum absolute atomic E-state index is 0.320. The summed E-state index contributed by atoms with van der Waals surface area (Å²) >= 11 is 6.17. The minimum Gasteiger partial charge on any atom is -0.361 e. The molecule has 0 unspecified atom stereocenters. The van der Waals surface area contributed by atoms with E-state index < -0.39 is 0 Å². The Hall–Kier alpha value is -1.33. The normalized spacial score (nSPS) is 13.2. The molecule has 0 aliphatic rings. The van der Waals surface area contributed by atoms with Crippen molar-refractivity contribution in [3.8, 4) is 0 Å². The van der Waals surface area contributed by atoms with Gasteiger partial charge in [-0.2, -0.15) is 5.10 Å². The second kappa shape index (κ2) is 5.97. The minimum atomic E-state index is 0.320. The number of halogens is 1. The molecule has 2 heterocycles. The molecule has 0 N–H and O–H groups in total. The third-order valence-corrected chi connectivity index (χ3v) is 4.12. The average Bonchev–Trinajstić information content (AvgIpc) is 2.89. The van der Waals surface area contributed by atoms with Crippen LogP contribution in [0.15, 0.2) is 10.6 Å². The third kappa shape index (κ3) is 3.22. The third-order valence-electron chi connectivity index (χ3n) is 3.57. The van der Waals surface area contributed by atoms with Crippen LogP contribution >= 0.6 is 11.6 Å². The second-order valence-corrected chi connectivity index (χ2v) is 5.74. The lowest BCUT2D eigenvalue weighted by molar-refractivity contribution is 0.214. The Morgan fingerprint density at radius 2 is 2.10 bits per heavy atom. The van der Waals surface area contributed by atoms with E-state index >= 15 is 0 Å². The van der Waals surface area contributed by atoms with Crippen molar-refractivity contribution in [2.75, 3.05) is 7.05 Å². The summed E-state index contributed by atoms with van der Waals surface area (Å²) in [4.78, 5) is 2.22. The van der Waals surface area contributed by atoms with Gasteiger partial charge in [0.25, 0.3) is 0 Å². The van der Waals surface area contributed by atoms with Crippen LogP contribution < -0.4 is 0 Å². The van der Waals surface area contributed by atoms with Gasteiger partial charge in [0, 0.05) is 18.7 Å². The first-order valence-corrected chi connectivity index (χ1v) is 7.08. The highest BCUT2D eigenvalue weighted by atomic mass is 35.5. The van der Waals surface area contributed by atoms with E-state index in [4.69, 9.17) is 16.1 Å². The molecule has 0 spiro atoms. The van der Waals surface area contributed by atoms with Gasteiger partial charge in [0.15, 0.2) is 0 Å². The number of aromatic nitrogens is 3. The lowest BCUT2D eigenvalue weighted by atomic mass is 10.2. The van der Waals surface area contributed by atoms with Gasteiger partial charge >= 0.3 is 0 Å². The molecule has 110 valence electrons. The van der Waals surface area contributed by atoms with E-state index in [0.29, 0.717) is 6.04 Å². The maximum absolute atomic E-state index is 6.17. The summed E-state index contributed by atoms with van der Waals surface area (Å²) in [6.07, 6.45) is 0. The molecule has 2 aromatic heterocycles. The lowest BCUT2D eigenvalue weighted by Crippen LogP contribution is -2.33. The Balaban J connectivity index is 2.00. The van der Waals surface area contributed by atoms with Gasteiger partial charge in [-0.1, -0.05) is 16.8 Å². The monoisotopic (exact) mass is 296 g/mol. The molecule has 2 aromatic rings. The number of hydrogen-bond donors (Lipinski definition) is 0. The summed E-state index contributed by atoms with van der Waals surface area (Å²) in [6, 6.07) is 2.28. The van der Waals surface area contributed by atoms with Gasteiger partial charge in [-0.25, -0.2) is 0 Å². The number of aryl methyl sites for hydroxylation is 2. The van der Waals surface area contributed by atoms with Gasteiger partial charge in [-0.05, 0) is 34.7 Å². The molecule has 5 nitrogen and oxygen atoms in total. The summed E-state index contributed by atoms with van der Waals surface area (Å²) in [5, 5.41) is 9.24. The first-order chi connectivity index (χ1) is 9.38. The van der Waals surface area contributed by atoms with Crippen LogP contribution in [0.25, 0.3) is 0 Å². The van der Waals surface area contributed by atoms with Crippen molar-refractivity contribution in [3.63, 3.8) is 0 Å². The summed E-state index contributed by atoms with van der Waals surface area (Å²) in [5.74, 6) is 0.839. The molecule has 1 atom stereocenters. The molecule has 0 amide bonds. The standard InChI is InChI=1S/C14H21ClN4O/c1-9(7-19-12(4)14(15)11(3)16-19)18(5)8-13-6-10(2)20-17-13/h6,9H,7-8H2,1-5H3/t9-/m1/s1. The molecule has 0 saturated carbocycles. The topological polar surface area (TPSA) is 47.1 Å². The van der Waals surface area contributed by atoms with Crippen LogP contribution in [0.1, 0.15) is 29.8 Å². The highest BCUT2D eigenvalue weighted by Gasteiger charge is 2.16. The highest BCUT2D eigenvalue weighted by molar-refractivity contribution is 6.31. The zero-order valence-electron chi connectivity index (χ0n) is 12.6. The lowest BCUT2D eigenvalue weighted by Gasteiger charge is -2.24. The van der Waals surface area contributed by atoms with Gasteiger partial charge in [0.2, 0.25) is 0 Å². The van der Waals surface area contributed by atoms with Gasteiger partial charge in [0.05, 0.1) is 28.6 Å². The number of rotatable bonds is 5. The van der Waals surface area contributed by atoms with E-state index in [0.717, 1.165) is 41.0 Å². The van der Waals surface area contributed by atoms with Crippen molar-refractivity contribution in [2.24, 2.45) is 0 Å². The van der Waals surface area contributed by atoms with Crippen molar-refractivity contribution < 1.29 is 4.52 Å². The van der Waals surface area contributed by atoms with Crippen molar-refractivity contribution in [1.82, 2.24) is 19.8 Å². The van der Waals surface area contributed by atoms with Gasteiger partial charge in [-0.15, -0.1) is 0 Å². The Morgan fingerprint density at radius 1 is 1.40 bits per heavy atom. The van der Waals surface area contributed by atoms with Crippen LogP contribution in [-0.4, -0.2) is 32.9 Å². The molecule has 0 bridgehead atoms. The number of hydrogen-bond acceptors (Lipinski definition) is 4. The summed E-state index contributed by atoms with van der Waals surface area (Å²) in [5.41, 5.74) is 2.84. The van der Waals surface area contributed by atoms with Crippen LogP contribution in [0.2, 0.25) is 5.02 Å². The van der Waals surface area contributed by atoms with E-state index in [9.17, 15) is 0 Å². The van der Waals surface area contributed by atoms with Crippen molar-refractivity contribution >= 4 is 11.6 Å². The molecule has 0 fully saturated rings. The SMILES string of the molecule is Cc1cc(CN(C)[C@H](C)Cn2nc(C)c(Cl)c2C)no1. The highest BCUT2D eigenvalue weighted by Crippen LogP contribution is 2.19. The van der Waals surface area contributed by atoms with E-state index in [1.807, 2.05) is 31.5 Å². The second-order valence-electron chi connectivity index (χ2n) is 5.36. The summed E-state index contributed by atoms with van der Waals surface area (Å²) < 4.78 is 7.06. The Kier molecular flexibility index (Phi) is 4.50. The predicted octanol–water partition coefficient (Wildman–Crippen LogP) is 2.97. The Bertz CT molecular complexity index is 590. The Morgan fingerprint density at radius 3 is 2.60 bits per heavy atom. The number of nitrogens with zero attached hydrogens (tertiary/aromatic N) is 4. The van der Waals surface area contributed by atoms with Crippen molar-refractivity contribution in [3.05, 3.63) is 33.9 Å². The molecular weight excluding hydrogens is 276 g/mol. The fourth-order valence-corrected chi connectivity index (χ4v) is 2.28. The average molecular weight is 297 g/mol. The van der Waals surface area contributed by atoms with Gasteiger partial charge in [0.1, 0.15) is 5.76 Å². The van der Waals surface area contributed by atoms with Crippen LogP contribution in [0.4, 0.5) is 0 Å². The zero-order valence-corrected chi connectivity index (χ0v) is 13.4. The fraction of sp³-hybridized carbons (Fsp3) is 0.571. The number of likely N-dealkylation sites (N-methyl/N-ethyl adjacent to an activating group) is 1. The van der Waals surface area contributed by atoms with E-state index in [1.54, 1.807) is 0 Å². The quantitative estimate of drug-likeness (QED) is 0.851. The van der Waals surface area contributed by atoms with E-state index in [1.165, 1.54) is 0 Å². The Labute approximate surface area is 124 Å². The van der Waals surface area contributed by atoms with Gasteiger partial charge in [-0.3, -0.25) is 9.58 Å². The first-order valence-electron chi connectivity index (χ1n) is 6.70.